The van der Waals surface area contributed by atoms with Gasteiger partial charge in [-0.3, -0.25) is 0 Å². The third kappa shape index (κ3) is 3.47. The standard InChI is InChI=1S/C16H26N2OS/c1-4-13-11(3)16(20)18-15(17-13)14(19-5-2)12-9-7-6-8-10-12/h12,14H,4-10H2,1-3H3,(H,17,18,20). The Morgan fingerprint density at radius 2 is 2.00 bits per heavy atom. The lowest BCUT2D eigenvalue weighted by Crippen LogP contribution is -2.22. The second-order valence-corrected chi connectivity index (χ2v) is 6.05. The van der Waals surface area contributed by atoms with Crippen molar-refractivity contribution in [3.8, 4) is 0 Å². The zero-order valence-corrected chi connectivity index (χ0v) is 13.7. The van der Waals surface area contributed by atoms with Gasteiger partial charge in [-0.05, 0) is 39.0 Å². The molecule has 1 saturated carbocycles. The Morgan fingerprint density at radius 1 is 1.30 bits per heavy atom. The van der Waals surface area contributed by atoms with Crippen molar-refractivity contribution in [1.29, 1.82) is 0 Å². The molecule has 1 aliphatic rings. The highest BCUT2D eigenvalue weighted by molar-refractivity contribution is 7.71. The second kappa shape index (κ2) is 7.32. The number of ether oxygens (including phenoxy) is 1. The van der Waals surface area contributed by atoms with Gasteiger partial charge in [-0.2, -0.15) is 0 Å². The summed E-state index contributed by atoms with van der Waals surface area (Å²) in [5.74, 6) is 1.51. The van der Waals surface area contributed by atoms with Gasteiger partial charge in [0.1, 0.15) is 16.6 Å². The molecule has 0 amide bonds. The van der Waals surface area contributed by atoms with Crippen molar-refractivity contribution in [2.45, 2.75) is 65.4 Å². The van der Waals surface area contributed by atoms with Crippen molar-refractivity contribution in [3.63, 3.8) is 0 Å². The molecule has 1 N–H and O–H groups in total. The fraction of sp³-hybridized carbons (Fsp3) is 0.750. The Bertz CT molecular complexity index is 492. The van der Waals surface area contributed by atoms with E-state index < -0.39 is 0 Å². The predicted octanol–water partition coefficient (Wildman–Crippen LogP) is 4.67. The molecule has 2 rings (SSSR count). The minimum atomic E-state index is 0.0768. The Hall–Kier alpha value is -0.740. The monoisotopic (exact) mass is 294 g/mol. The van der Waals surface area contributed by atoms with Gasteiger partial charge in [0.2, 0.25) is 0 Å². The summed E-state index contributed by atoms with van der Waals surface area (Å²) in [5, 5.41) is 0. The molecule has 1 fully saturated rings. The maximum Gasteiger partial charge on any atom is 0.137 e. The average molecular weight is 294 g/mol. The lowest BCUT2D eigenvalue weighted by atomic mass is 9.85. The lowest BCUT2D eigenvalue weighted by Gasteiger charge is -2.29. The lowest BCUT2D eigenvalue weighted by molar-refractivity contribution is -0.000407. The van der Waals surface area contributed by atoms with E-state index in [1.165, 1.54) is 37.8 Å². The van der Waals surface area contributed by atoms with E-state index in [9.17, 15) is 0 Å². The van der Waals surface area contributed by atoms with Crippen LogP contribution in [-0.4, -0.2) is 16.6 Å². The third-order valence-electron chi connectivity index (χ3n) is 4.32. The van der Waals surface area contributed by atoms with Crippen LogP contribution in [0.15, 0.2) is 0 Å². The number of rotatable bonds is 5. The molecule has 1 aliphatic carbocycles. The Morgan fingerprint density at radius 3 is 2.60 bits per heavy atom. The summed E-state index contributed by atoms with van der Waals surface area (Å²) in [5.41, 5.74) is 2.30. The predicted molar refractivity (Wildman–Crippen MR) is 84.5 cm³/mol. The maximum absolute atomic E-state index is 6.02. The van der Waals surface area contributed by atoms with E-state index in [0.29, 0.717) is 5.92 Å². The summed E-state index contributed by atoms with van der Waals surface area (Å²) in [6.07, 6.45) is 7.47. The van der Waals surface area contributed by atoms with Crippen LogP contribution in [0.2, 0.25) is 0 Å². The first kappa shape index (κ1) is 15.6. The van der Waals surface area contributed by atoms with Gasteiger partial charge in [0, 0.05) is 17.9 Å². The fourth-order valence-electron chi connectivity index (χ4n) is 3.14. The molecule has 1 heterocycles. The smallest absolute Gasteiger partial charge is 0.137 e. The molecule has 1 unspecified atom stereocenters. The van der Waals surface area contributed by atoms with Gasteiger partial charge in [-0.15, -0.1) is 0 Å². The first-order valence-corrected chi connectivity index (χ1v) is 8.29. The van der Waals surface area contributed by atoms with Crippen LogP contribution in [0.1, 0.15) is 69.1 Å². The van der Waals surface area contributed by atoms with Gasteiger partial charge in [0.05, 0.1) is 0 Å². The molecule has 1 atom stereocenters. The van der Waals surface area contributed by atoms with E-state index in [0.717, 1.165) is 29.1 Å². The minimum Gasteiger partial charge on any atom is -0.370 e. The number of nitrogens with zero attached hydrogens (tertiary/aromatic N) is 1. The summed E-state index contributed by atoms with van der Waals surface area (Å²) >= 11 is 5.41. The van der Waals surface area contributed by atoms with Gasteiger partial charge >= 0.3 is 0 Å². The molecule has 0 radical (unpaired) electrons. The minimum absolute atomic E-state index is 0.0768. The molecule has 112 valence electrons. The van der Waals surface area contributed by atoms with E-state index in [4.69, 9.17) is 17.0 Å². The highest BCUT2D eigenvalue weighted by Gasteiger charge is 2.27. The van der Waals surface area contributed by atoms with Gasteiger partial charge in [0.15, 0.2) is 0 Å². The molecular weight excluding hydrogens is 268 g/mol. The number of hydrogen-bond acceptors (Lipinski definition) is 3. The molecule has 0 bridgehead atoms. The number of hydrogen-bond donors (Lipinski definition) is 1. The van der Waals surface area contributed by atoms with Crippen molar-refractivity contribution >= 4 is 12.2 Å². The van der Waals surface area contributed by atoms with Crippen LogP contribution < -0.4 is 0 Å². The number of aromatic nitrogens is 2. The summed E-state index contributed by atoms with van der Waals surface area (Å²) in [4.78, 5) is 8.09. The Kier molecular flexibility index (Phi) is 5.73. The Balaban J connectivity index is 2.33. The first-order valence-electron chi connectivity index (χ1n) is 7.88. The van der Waals surface area contributed by atoms with Crippen molar-refractivity contribution < 1.29 is 4.74 Å². The zero-order chi connectivity index (χ0) is 14.5. The summed E-state index contributed by atoms with van der Waals surface area (Å²) in [6.45, 7) is 6.97. The maximum atomic E-state index is 6.02. The van der Waals surface area contributed by atoms with Crippen LogP contribution in [-0.2, 0) is 11.2 Å². The van der Waals surface area contributed by atoms with Crippen LogP contribution in [0.25, 0.3) is 0 Å². The van der Waals surface area contributed by atoms with Crippen molar-refractivity contribution in [2.75, 3.05) is 6.61 Å². The molecule has 0 saturated heterocycles. The summed E-state index contributed by atoms with van der Waals surface area (Å²) in [6, 6.07) is 0. The van der Waals surface area contributed by atoms with Crippen molar-refractivity contribution in [3.05, 3.63) is 21.7 Å². The molecule has 0 aromatic carbocycles. The summed E-state index contributed by atoms with van der Waals surface area (Å²) < 4.78 is 6.74. The quantitative estimate of drug-likeness (QED) is 0.802. The van der Waals surface area contributed by atoms with Gasteiger partial charge in [-0.25, -0.2) is 4.98 Å². The first-order chi connectivity index (χ1) is 9.67. The van der Waals surface area contributed by atoms with E-state index in [1.807, 2.05) is 6.92 Å². The molecule has 0 spiro atoms. The van der Waals surface area contributed by atoms with E-state index >= 15 is 0 Å². The molecule has 1 aromatic heterocycles. The normalized spacial score (nSPS) is 18.1. The van der Waals surface area contributed by atoms with Crippen LogP contribution in [0.3, 0.4) is 0 Å². The number of aromatic amines is 1. The van der Waals surface area contributed by atoms with Crippen molar-refractivity contribution in [1.82, 2.24) is 9.97 Å². The van der Waals surface area contributed by atoms with E-state index in [-0.39, 0.29) is 6.10 Å². The van der Waals surface area contributed by atoms with Crippen LogP contribution in [0.4, 0.5) is 0 Å². The molecule has 4 heteroatoms. The number of nitrogens with one attached hydrogen (secondary N) is 1. The highest BCUT2D eigenvalue weighted by Crippen LogP contribution is 2.35. The van der Waals surface area contributed by atoms with Crippen LogP contribution in [0.5, 0.6) is 0 Å². The van der Waals surface area contributed by atoms with E-state index in [2.05, 4.69) is 23.8 Å². The SMILES string of the molecule is CCOC(c1nc(=S)c(C)c(CC)[nH]1)C1CCCCC1. The summed E-state index contributed by atoms with van der Waals surface area (Å²) in [7, 11) is 0. The largest absolute Gasteiger partial charge is 0.370 e. The van der Waals surface area contributed by atoms with Crippen LogP contribution in [0, 0.1) is 17.5 Å². The van der Waals surface area contributed by atoms with Gasteiger partial charge < -0.3 is 9.72 Å². The molecule has 20 heavy (non-hydrogen) atoms. The third-order valence-corrected chi connectivity index (χ3v) is 4.72. The zero-order valence-electron chi connectivity index (χ0n) is 12.9. The average Bonchev–Trinajstić information content (AvgIpc) is 2.48. The fourth-order valence-corrected chi connectivity index (χ4v) is 3.36. The van der Waals surface area contributed by atoms with Crippen LogP contribution >= 0.6 is 12.2 Å². The molecule has 0 aliphatic heterocycles. The molecular formula is C16H26N2OS. The second-order valence-electron chi connectivity index (χ2n) is 5.66. The van der Waals surface area contributed by atoms with Gasteiger partial charge in [-0.1, -0.05) is 38.4 Å². The highest BCUT2D eigenvalue weighted by atomic mass is 32.1. The van der Waals surface area contributed by atoms with E-state index in [1.54, 1.807) is 0 Å². The van der Waals surface area contributed by atoms with Gasteiger partial charge in [0.25, 0.3) is 0 Å². The number of aryl methyl sites for hydroxylation is 1. The van der Waals surface area contributed by atoms with Crippen molar-refractivity contribution in [2.24, 2.45) is 5.92 Å². The molecule has 3 nitrogen and oxygen atoms in total. The Labute approximate surface area is 127 Å². The topological polar surface area (TPSA) is 37.9 Å². The molecule has 1 aromatic rings. The number of H-pyrrole nitrogens is 1.